The van der Waals surface area contributed by atoms with Crippen molar-refractivity contribution >= 4 is 57.3 Å². The Bertz CT molecular complexity index is 1010. The minimum atomic E-state index is -0.327. The number of benzene rings is 1. The first kappa shape index (κ1) is 18.7. The van der Waals surface area contributed by atoms with Crippen molar-refractivity contribution in [3.05, 3.63) is 65.4 Å². The standard InChI is InChI=1S/C18H16ClN5O2S/c1-2-9-20-17(26)22-13-5-3-12(4-6-13)21-15(25)8-7-14-16(19)23-18-24(14)10-11-27-18/h2-8,10-11H,1,9H2,(H,21,25)(H2,20,22,26)/b8-7+. The number of thiazole rings is 1. The lowest BCUT2D eigenvalue weighted by Gasteiger charge is -2.07. The summed E-state index contributed by atoms with van der Waals surface area (Å²) in [7, 11) is 0. The SMILES string of the molecule is C=CCNC(=O)Nc1ccc(NC(=O)/C=C/c2c(Cl)nc3sccn23)cc1. The van der Waals surface area contributed by atoms with Crippen LogP contribution < -0.4 is 16.0 Å². The van der Waals surface area contributed by atoms with Crippen molar-refractivity contribution in [1.29, 1.82) is 0 Å². The Morgan fingerprint density at radius 3 is 2.63 bits per heavy atom. The summed E-state index contributed by atoms with van der Waals surface area (Å²) in [4.78, 5) is 28.7. The second-order valence-corrected chi connectivity index (χ2v) is 6.60. The van der Waals surface area contributed by atoms with E-state index in [1.807, 2.05) is 16.0 Å². The van der Waals surface area contributed by atoms with E-state index in [0.29, 0.717) is 28.8 Å². The predicted molar refractivity (Wildman–Crippen MR) is 109 cm³/mol. The second-order valence-electron chi connectivity index (χ2n) is 5.37. The Balaban J connectivity index is 1.59. The summed E-state index contributed by atoms with van der Waals surface area (Å²) in [5.74, 6) is -0.305. The van der Waals surface area contributed by atoms with Crippen molar-refractivity contribution in [3.8, 4) is 0 Å². The highest BCUT2D eigenvalue weighted by Gasteiger charge is 2.09. The maximum Gasteiger partial charge on any atom is 0.319 e. The van der Waals surface area contributed by atoms with Gasteiger partial charge in [0.15, 0.2) is 10.1 Å². The topological polar surface area (TPSA) is 87.5 Å². The van der Waals surface area contributed by atoms with Crippen molar-refractivity contribution in [2.45, 2.75) is 0 Å². The van der Waals surface area contributed by atoms with Crippen molar-refractivity contribution in [2.24, 2.45) is 0 Å². The quantitative estimate of drug-likeness (QED) is 0.430. The smallest absolute Gasteiger partial charge is 0.319 e. The first-order chi connectivity index (χ1) is 13.1. The molecule has 0 unspecified atom stereocenters. The molecule has 0 spiro atoms. The molecule has 0 saturated carbocycles. The van der Waals surface area contributed by atoms with Gasteiger partial charge in [-0.3, -0.25) is 9.20 Å². The van der Waals surface area contributed by atoms with Gasteiger partial charge in [-0.05, 0) is 30.3 Å². The lowest BCUT2D eigenvalue weighted by Crippen LogP contribution is -2.28. The molecule has 2 aromatic heterocycles. The number of nitrogens with one attached hydrogen (secondary N) is 3. The number of anilines is 2. The van der Waals surface area contributed by atoms with Gasteiger partial charge in [0.2, 0.25) is 5.91 Å². The number of rotatable bonds is 6. The number of imidazole rings is 1. The molecular formula is C18H16ClN5O2S. The van der Waals surface area contributed by atoms with Crippen molar-refractivity contribution in [3.63, 3.8) is 0 Å². The van der Waals surface area contributed by atoms with E-state index in [-0.39, 0.29) is 11.9 Å². The zero-order valence-corrected chi connectivity index (χ0v) is 15.7. The summed E-state index contributed by atoms with van der Waals surface area (Å²) in [6, 6.07) is 6.44. The fourth-order valence-electron chi connectivity index (χ4n) is 2.24. The molecule has 0 radical (unpaired) electrons. The number of urea groups is 1. The van der Waals surface area contributed by atoms with E-state index >= 15 is 0 Å². The summed E-state index contributed by atoms with van der Waals surface area (Å²) in [5.41, 5.74) is 1.85. The van der Waals surface area contributed by atoms with Gasteiger partial charge >= 0.3 is 6.03 Å². The van der Waals surface area contributed by atoms with Gasteiger partial charge in [0.25, 0.3) is 0 Å². The fraction of sp³-hybridized carbons (Fsp3) is 0.0556. The molecule has 0 bridgehead atoms. The Morgan fingerprint density at radius 1 is 1.22 bits per heavy atom. The molecule has 0 atom stereocenters. The molecule has 7 nitrogen and oxygen atoms in total. The first-order valence-electron chi connectivity index (χ1n) is 7.93. The molecule has 9 heteroatoms. The predicted octanol–water partition coefficient (Wildman–Crippen LogP) is 4.01. The fourth-order valence-corrected chi connectivity index (χ4v) is 3.25. The number of nitrogens with zero attached hydrogens (tertiary/aromatic N) is 2. The van der Waals surface area contributed by atoms with E-state index < -0.39 is 0 Å². The average Bonchev–Trinajstić information content (AvgIpc) is 3.20. The molecule has 0 aliphatic carbocycles. The number of aromatic nitrogens is 2. The maximum absolute atomic E-state index is 12.1. The molecule has 1 aromatic carbocycles. The Hall–Kier alpha value is -3.10. The van der Waals surface area contributed by atoms with Gasteiger partial charge in [-0.2, -0.15) is 0 Å². The minimum Gasteiger partial charge on any atom is -0.334 e. The number of amides is 3. The van der Waals surface area contributed by atoms with Gasteiger partial charge < -0.3 is 16.0 Å². The number of fused-ring (bicyclic) bond motifs is 1. The van der Waals surface area contributed by atoms with Crippen LogP contribution >= 0.6 is 22.9 Å². The largest absolute Gasteiger partial charge is 0.334 e. The Labute approximate surface area is 164 Å². The molecule has 3 N–H and O–H groups in total. The van der Waals surface area contributed by atoms with Gasteiger partial charge in [0.05, 0.1) is 5.69 Å². The molecule has 0 fully saturated rings. The summed E-state index contributed by atoms with van der Waals surface area (Å²) in [6.45, 7) is 3.91. The van der Waals surface area contributed by atoms with Crippen LogP contribution in [0.2, 0.25) is 5.15 Å². The van der Waals surface area contributed by atoms with Crippen LogP contribution in [0.3, 0.4) is 0 Å². The van der Waals surface area contributed by atoms with Crippen LogP contribution in [0.1, 0.15) is 5.69 Å². The van der Waals surface area contributed by atoms with Crippen LogP contribution in [-0.4, -0.2) is 27.9 Å². The van der Waals surface area contributed by atoms with Gasteiger partial charge in [0, 0.05) is 35.6 Å². The lowest BCUT2D eigenvalue weighted by atomic mass is 10.2. The summed E-state index contributed by atoms with van der Waals surface area (Å²) >= 11 is 7.55. The third-order valence-electron chi connectivity index (χ3n) is 3.46. The van der Waals surface area contributed by atoms with E-state index in [1.54, 1.807) is 36.4 Å². The average molecular weight is 402 g/mol. The van der Waals surface area contributed by atoms with Crippen molar-refractivity contribution in [2.75, 3.05) is 17.2 Å². The minimum absolute atomic E-state index is 0.305. The zero-order valence-electron chi connectivity index (χ0n) is 14.1. The molecule has 3 amide bonds. The van der Waals surface area contributed by atoms with Crippen LogP contribution in [0.4, 0.5) is 16.2 Å². The number of carbonyl (C=O) groups excluding carboxylic acids is 2. The Morgan fingerprint density at radius 2 is 1.93 bits per heavy atom. The summed E-state index contributed by atoms with van der Waals surface area (Å²) in [6.07, 6.45) is 6.44. The summed E-state index contributed by atoms with van der Waals surface area (Å²) in [5, 5.41) is 10.3. The molecule has 2 heterocycles. The van der Waals surface area contributed by atoms with E-state index in [4.69, 9.17) is 11.6 Å². The highest BCUT2D eigenvalue weighted by Crippen LogP contribution is 2.22. The number of carbonyl (C=O) groups is 2. The van der Waals surface area contributed by atoms with Gasteiger partial charge in [0.1, 0.15) is 0 Å². The monoisotopic (exact) mass is 401 g/mol. The first-order valence-corrected chi connectivity index (χ1v) is 9.18. The molecule has 138 valence electrons. The number of hydrogen-bond donors (Lipinski definition) is 3. The molecule has 27 heavy (non-hydrogen) atoms. The Kier molecular flexibility index (Phi) is 5.90. The molecule has 3 aromatic rings. The molecule has 0 saturated heterocycles. The van der Waals surface area contributed by atoms with E-state index in [2.05, 4.69) is 27.5 Å². The molecular weight excluding hydrogens is 386 g/mol. The van der Waals surface area contributed by atoms with E-state index in [9.17, 15) is 9.59 Å². The van der Waals surface area contributed by atoms with Gasteiger partial charge in [-0.25, -0.2) is 9.78 Å². The molecule has 0 aliphatic heterocycles. The number of hydrogen-bond acceptors (Lipinski definition) is 4. The third-order valence-corrected chi connectivity index (χ3v) is 4.50. The van der Waals surface area contributed by atoms with Crippen LogP contribution in [0.5, 0.6) is 0 Å². The maximum atomic E-state index is 12.1. The molecule has 3 rings (SSSR count). The molecule has 0 aliphatic rings. The normalized spacial score (nSPS) is 10.9. The van der Waals surface area contributed by atoms with E-state index in [1.165, 1.54) is 17.4 Å². The number of halogens is 1. The summed E-state index contributed by atoms with van der Waals surface area (Å²) < 4.78 is 1.81. The lowest BCUT2D eigenvalue weighted by molar-refractivity contribution is -0.111. The van der Waals surface area contributed by atoms with Crippen molar-refractivity contribution < 1.29 is 9.59 Å². The van der Waals surface area contributed by atoms with Crippen LogP contribution in [-0.2, 0) is 4.79 Å². The third kappa shape index (κ3) is 4.75. The highest BCUT2D eigenvalue weighted by atomic mass is 35.5. The second kappa shape index (κ2) is 8.52. The van der Waals surface area contributed by atoms with Gasteiger partial charge in [-0.1, -0.05) is 17.7 Å². The zero-order chi connectivity index (χ0) is 19.2. The van der Waals surface area contributed by atoms with E-state index in [0.717, 1.165) is 4.96 Å². The van der Waals surface area contributed by atoms with Gasteiger partial charge in [-0.15, -0.1) is 17.9 Å². The van der Waals surface area contributed by atoms with Crippen LogP contribution in [0.15, 0.2) is 54.6 Å². The van der Waals surface area contributed by atoms with Crippen molar-refractivity contribution in [1.82, 2.24) is 14.7 Å². The van der Waals surface area contributed by atoms with Crippen LogP contribution in [0.25, 0.3) is 11.0 Å². The van der Waals surface area contributed by atoms with Crippen LogP contribution in [0, 0.1) is 0 Å². The highest BCUT2D eigenvalue weighted by molar-refractivity contribution is 7.15.